The van der Waals surface area contributed by atoms with Gasteiger partial charge in [-0.1, -0.05) is 44.0 Å². The van der Waals surface area contributed by atoms with Gasteiger partial charge in [0.05, 0.1) is 0 Å². The minimum Gasteiger partial charge on any atom is -0.399 e. The first kappa shape index (κ1) is 16.0. The summed E-state index contributed by atoms with van der Waals surface area (Å²) in [4.78, 5) is 14.4. The Bertz CT molecular complexity index is 621. The summed E-state index contributed by atoms with van der Waals surface area (Å²) >= 11 is 6.82. The third-order valence-corrected chi connectivity index (χ3v) is 4.05. The average Bonchev–Trinajstić information content (AvgIpc) is 2.45. The molecule has 0 radical (unpaired) electrons. The van der Waals surface area contributed by atoms with E-state index in [2.05, 4.69) is 31.9 Å². The fraction of sp³-hybridized carbons (Fsp3) is 0.188. The molecule has 0 aliphatic heterocycles. The maximum Gasteiger partial charge on any atom is 0.254 e. The number of rotatable bonds is 4. The molecule has 0 aliphatic carbocycles. The van der Waals surface area contributed by atoms with E-state index < -0.39 is 0 Å². The van der Waals surface area contributed by atoms with Crippen molar-refractivity contribution in [3.05, 3.63) is 62.5 Å². The molecule has 1 amide bonds. The lowest BCUT2D eigenvalue weighted by molar-refractivity contribution is 0.0752. The lowest BCUT2D eigenvalue weighted by Crippen LogP contribution is -2.30. The van der Waals surface area contributed by atoms with E-state index in [1.807, 2.05) is 49.4 Å². The maximum absolute atomic E-state index is 12.6. The Labute approximate surface area is 141 Å². The second-order valence-corrected chi connectivity index (χ2v) is 6.55. The maximum atomic E-state index is 12.6. The summed E-state index contributed by atoms with van der Waals surface area (Å²) in [6.07, 6.45) is 0. The molecular formula is C16H16Br2N2O. The molecule has 3 nitrogen and oxygen atoms in total. The van der Waals surface area contributed by atoms with Crippen molar-refractivity contribution in [2.75, 3.05) is 12.3 Å². The number of hydrogen-bond donors (Lipinski definition) is 1. The van der Waals surface area contributed by atoms with Crippen molar-refractivity contribution >= 4 is 43.5 Å². The molecule has 0 heterocycles. The van der Waals surface area contributed by atoms with Gasteiger partial charge in [0.2, 0.25) is 0 Å². The standard InChI is InChI=1S/C16H16Br2N2O/c1-2-20(10-11-3-5-15(19)6-4-11)16(21)12-7-13(17)9-14(18)8-12/h3-9H,2,10,19H2,1H3. The highest BCUT2D eigenvalue weighted by Crippen LogP contribution is 2.21. The second kappa shape index (κ2) is 7.09. The van der Waals surface area contributed by atoms with E-state index in [0.717, 1.165) is 20.2 Å². The number of nitrogens with zero attached hydrogens (tertiary/aromatic N) is 1. The zero-order valence-corrected chi connectivity index (χ0v) is 14.8. The SMILES string of the molecule is CCN(Cc1ccc(N)cc1)C(=O)c1cc(Br)cc(Br)c1. The topological polar surface area (TPSA) is 46.3 Å². The van der Waals surface area contributed by atoms with Gasteiger partial charge in [0.1, 0.15) is 0 Å². The van der Waals surface area contributed by atoms with Crippen LogP contribution in [-0.2, 0) is 6.54 Å². The largest absolute Gasteiger partial charge is 0.399 e. The number of benzene rings is 2. The molecule has 0 unspecified atom stereocenters. The fourth-order valence-corrected chi connectivity index (χ4v) is 3.32. The van der Waals surface area contributed by atoms with E-state index >= 15 is 0 Å². The summed E-state index contributed by atoms with van der Waals surface area (Å²) in [6.45, 7) is 3.19. The predicted octanol–water partition coefficient (Wildman–Crippen LogP) is 4.46. The molecule has 0 aromatic heterocycles. The summed E-state index contributed by atoms with van der Waals surface area (Å²) in [5, 5.41) is 0. The first-order valence-electron chi connectivity index (χ1n) is 6.59. The highest BCUT2D eigenvalue weighted by molar-refractivity contribution is 9.11. The van der Waals surface area contributed by atoms with Gasteiger partial charge >= 0.3 is 0 Å². The van der Waals surface area contributed by atoms with Crippen LogP contribution in [0.15, 0.2) is 51.4 Å². The molecule has 21 heavy (non-hydrogen) atoms. The Balaban J connectivity index is 2.20. The van der Waals surface area contributed by atoms with E-state index in [0.29, 0.717) is 18.7 Å². The number of nitrogen functional groups attached to an aromatic ring is 1. The zero-order chi connectivity index (χ0) is 15.4. The number of carbonyl (C=O) groups is 1. The Morgan fingerprint density at radius 3 is 2.19 bits per heavy atom. The van der Waals surface area contributed by atoms with Gasteiger partial charge in [-0.05, 0) is 42.8 Å². The van der Waals surface area contributed by atoms with Crippen LogP contribution in [0, 0.1) is 0 Å². The number of amides is 1. The summed E-state index contributed by atoms with van der Waals surface area (Å²) in [5.74, 6) is 0.0105. The lowest BCUT2D eigenvalue weighted by atomic mass is 10.1. The molecule has 2 aromatic carbocycles. The third kappa shape index (κ3) is 4.32. The van der Waals surface area contributed by atoms with Crippen LogP contribution >= 0.6 is 31.9 Å². The fourth-order valence-electron chi connectivity index (χ4n) is 2.03. The lowest BCUT2D eigenvalue weighted by Gasteiger charge is -2.21. The zero-order valence-electron chi connectivity index (χ0n) is 11.6. The number of carbonyl (C=O) groups excluding carboxylic acids is 1. The van der Waals surface area contributed by atoms with Gasteiger partial charge in [0, 0.05) is 33.3 Å². The molecule has 2 aromatic rings. The highest BCUT2D eigenvalue weighted by Gasteiger charge is 2.15. The minimum absolute atomic E-state index is 0.0105. The number of halogens is 2. The molecule has 5 heteroatoms. The van der Waals surface area contributed by atoms with Crippen LogP contribution in [0.25, 0.3) is 0 Å². The van der Waals surface area contributed by atoms with Gasteiger partial charge < -0.3 is 10.6 Å². The molecule has 0 atom stereocenters. The van der Waals surface area contributed by atoms with Crippen LogP contribution in [0.1, 0.15) is 22.8 Å². The van der Waals surface area contributed by atoms with Crippen LogP contribution in [0.4, 0.5) is 5.69 Å². The number of hydrogen-bond acceptors (Lipinski definition) is 2. The average molecular weight is 412 g/mol. The van der Waals surface area contributed by atoms with Gasteiger partial charge in [-0.3, -0.25) is 4.79 Å². The summed E-state index contributed by atoms with van der Waals surface area (Å²) < 4.78 is 1.76. The molecule has 0 fully saturated rings. The normalized spacial score (nSPS) is 10.4. The van der Waals surface area contributed by atoms with Crippen molar-refractivity contribution in [2.45, 2.75) is 13.5 Å². The molecule has 2 rings (SSSR count). The van der Waals surface area contributed by atoms with Crippen molar-refractivity contribution < 1.29 is 4.79 Å². The molecule has 0 saturated carbocycles. The third-order valence-electron chi connectivity index (χ3n) is 3.13. The van der Waals surface area contributed by atoms with Gasteiger partial charge in [-0.2, -0.15) is 0 Å². The van der Waals surface area contributed by atoms with Crippen molar-refractivity contribution in [3.63, 3.8) is 0 Å². The van der Waals surface area contributed by atoms with Crippen LogP contribution in [0.2, 0.25) is 0 Å². The summed E-state index contributed by atoms with van der Waals surface area (Å²) in [6, 6.07) is 13.2. The first-order chi connectivity index (χ1) is 9.99. The molecule has 0 aliphatic rings. The Morgan fingerprint density at radius 2 is 1.67 bits per heavy atom. The monoisotopic (exact) mass is 410 g/mol. The van der Waals surface area contributed by atoms with Gasteiger partial charge in [0.25, 0.3) is 5.91 Å². The highest BCUT2D eigenvalue weighted by atomic mass is 79.9. The van der Waals surface area contributed by atoms with Crippen LogP contribution in [-0.4, -0.2) is 17.4 Å². The summed E-state index contributed by atoms with van der Waals surface area (Å²) in [5.41, 5.74) is 8.13. The van der Waals surface area contributed by atoms with Crippen LogP contribution in [0.5, 0.6) is 0 Å². The molecule has 0 spiro atoms. The van der Waals surface area contributed by atoms with Crippen molar-refractivity contribution in [2.24, 2.45) is 0 Å². The number of nitrogens with two attached hydrogens (primary N) is 1. The smallest absolute Gasteiger partial charge is 0.254 e. The van der Waals surface area contributed by atoms with E-state index in [1.54, 1.807) is 4.90 Å². The minimum atomic E-state index is 0.0105. The molecular weight excluding hydrogens is 396 g/mol. The van der Waals surface area contributed by atoms with E-state index in [9.17, 15) is 4.79 Å². The Kier molecular flexibility index (Phi) is 5.42. The first-order valence-corrected chi connectivity index (χ1v) is 8.18. The molecule has 0 saturated heterocycles. The predicted molar refractivity (Wildman–Crippen MR) is 93.1 cm³/mol. The molecule has 0 bridgehead atoms. The van der Waals surface area contributed by atoms with E-state index in [1.165, 1.54) is 0 Å². The Morgan fingerprint density at radius 1 is 1.10 bits per heavy atom. The van der Waals surface area contributed by atoms with Crippen molar-refractivity contribution in [1.29, 1.82) is 0 Å². The van der Waals surface area contributed by atoms with Crippen molar-refractivity contribution in [1.82, 2.24) is 4.90 Å². The van der Waals surface area contributed by atoms with Crippen LogP contribution < -0.4 is 5.73 Å². The summed E-state index contributed by atoms with van der Waals surface area (Å²) in [7, 11) is 0. The van der Waals surface area contributed by atoms with Crippen molar-refractivity contribution in [3.8, 4) is 0 Å². The van der Waals surface area contributed by atoms with Gasteiger partial charge in [-0.25, -0.2) is 0 Å². The molecule has 2 N–H and O–H groups in total. The quantitative estimate of drug-likeness (QED) is 0.755. The second-order valence-electron chi connectivity index (χ2n) is 4.72. The molecule has 110 valence electrons. The van der Waals surface area contributed by atoms with E-state index in [-0.39, 0.29) is 5.91 Å². The van der Waals surface area contributed by atoms with Crippen LogP contribution in [0.3, 0.4) is 0 Å². The van der Waals surface area contributed by atoms with E-state index in [4.69, 9.17) is 5.73 Å². The Hall–Kier alpha value is -1.33. The van der Waals surface area contributed by atoms with Gasteiger partial charge in [0.15, 0.2) is 0 Å². The van der Waals surface area contributed by atoms with Gasteiger partial charge in [-0.15, -0.1) is 0 Å². The number of anilines is 1.